The summed E-state index contributed by atoms with van der Waals surface area (Å²) in [5.74, 6) is -0.0128. The number of carbonyl (C=O) groups is 1. The molecule has 0 saturated carbocycles. The zero-order chi connectivity index (χ0) is 15.0. The van der Waals surface area contributed by atoms with E-state index in [1.54, 1.807) is 16.5 Å². The molecule has 0 atom stereocenters. The van der Waals surface area contributed by atoms with Crippen molar-refractivity contribution in [3.63, 3.8) is 0 Å². The molecule has 2 heterocycles. The van der Waals surface area contributed by atoms with Crippen LogP contribution in [0.5, 0.6) is 0 Å². The third-order valence-corrected chi connectivity index (χ3v) is 5.93. The van der Waals surface area contributed by atoms with Crippen molar-refractivity contribution in [1.82, 2.24) is 19.9 Å². The summed E-state index contributed by atoms with van der Waals surface area (Å²) in [5, 5.41) is 7.53. The monoisotopic (exact) mass is 308 g/mol. The van der Waals surface area contributed by atoms with Crippen molar-refractivity contribution in [3.05, 3.63) is 24.3 Å². The zero-order valence-electron chi connectivity index (χ0n) is 11.6. The summed E-state index contributed by atoms with van der Waals surface area (Å²) in [6.07, 6.45) is 0. The molecule has 0 N–H and O–H groups in total. The smallest absolute Gasteiger partial charge is 0.244 e. The fraction of sp³-hybridized carbons (Fsp3) is 0.462. The molecule has 0 spiro atoms. The Balaban J connectivity index is 1.66. The average molecular weight is 308 g/mol. The minimum atomic E-state index is -3.05. The van der Waals surface area contributed by atoms with Gasteiger partial charge in [-0.05, 0) is 12.1 Å². The second-order valence-corrected chi connectivity index (χ2v) is 7.68. The average Bonchev–Trinajstić information content (AvgIpc) is 2.80. The topological polar surface area (TPSA) is 85.2 Å². The molecule has 1 amide bonds. The van der Waals surface area contributed by atoms with Crippen molar-refractivity contribution in [2.75, 3.05) is 18.8 Å². The second kappa shape index (κ2) is 5.10. The molecule has 1 fully saturated rings. The van der Waals surface area contributed by atoms with Crippen LogP contribution >= 0.6 is 0 Å². The lowest BCUT2D eigenvalue weighted by molar-refractivity contribution is -0.135. The van der Waals surface area contributed by atoms with Gasteiger partial charge in [-0.2, -0.15) is 0 Å². The normalized spacial score (nSPS) is 16.1. The fourth-order valence-corrected chi connectivity index (χ4v) is 3.65. The number of aromatic nitrogens is 3. The molecule has 0 bridgehead atoms. The SMILES string of the molecule is CCS(=O)(=O)C1CN(C(=O)Cn2nnc3ccccc32)C1. The Morgan fingerprint density at radius 3 is 2.76 bits per heavy atom. The highest BCUT2D eigenvalue weighted by Crippen LogP contribution is 2.18. The van der Waals surface area contributed by atoms with Crippen LogP contribution in [-0.4, -0.2) is 58.3 Å². The second-order valence-electron chi connectivity index (χ2n) is 5.11. The van der Waals surface area contributed by atoms with Crippen LogP contribution in [0.4, 0.5) is 0 Å². The minimum Gasteiger partial charge on any atom is -0.338 e. The van der Waals surface area contributed by atoms with E-state index in [1.807, 2.05) is 24.3 Å². The molecule has 1 aromatic heterocycles. The molecule has 112 valence electrons. The van der Waals surface area contributed by atoms with Gasteiger partial charge in [0.25, 0.3) is 0 Å². The van der Waals surface area contributed by atoms with E-state index in [2.05, 4.69) is 10.3 Å². The van der Waals surface area contributed by atoms with E-state index in [0.29, 0.717) is 0 Å². The number of hydrogen-bond acceptors (Lipinski definition) is 5. The molecule has 0 unspecified atom stereocenters. The van der Waals surface area contributed by atoms with Gasteiger partial charge in [0.2, 0.25) is 5.91 Å². The number of likely N-dealkylation sites (tertiary alicyclic amines) is 1. The highest BCUT2D eigenvalue weighted by molar-refractivity contribution is 7.92. The number of carbonyl (C=O) groups excluding carboxylic acids is 1. The molecule has 3 rings (SSSR count). The lowest BCUT2D eigenvalue weighted by Crippen LogP contribution is -2.57. The summed E-state index contributed by atoms with van der Waals surface area (Å²) in [6, 6.07) is 7.40. The quantitative estimate of drug-likeness (QED) is 0.798. The van der Waals surface area contributed by atoms with Crippen molar-refractivity contribution in [2.45, 2.75) is 18.7 Å². The molecular formula is C13H16N4O3S. The lowest BCUT2D eigenvalue weighted by atomic mass is 10.2. The maximum Gasteiger partial charge on any atom is 0.244 e. The van der Waals surface area contributed by atoms with Crippen molar-refractivity contribution < 1.29 is 13.2 Å². The van der Waals surface area contributed by atoms with Gasteiger partial charge in [0, 0.05) is 18.8 Å². The molecule has 1 aliphatic rings. The number of rotatable bonds is 4. The number of benzene rings is 1. The zero-order valence-corrected chi connectivity index (χ0v) is 12.5. The summed E-state index contributed by atoms with van der Waals surface area (Å²) in [6.45, 7) is 2.27. The summed E-state index contributed by atoms with van der Waals surface area (Å²) >= 11 is 0. The van der Waals surface area contributed by atoms with Gasteiger partial charge in [-0.1, -0.05) is 24.3 Å². The first-order valence-corrected chi connectivity index (χ1v) is 8.50. The van der Waals surface area contributed by atoms with Crippen LogP contribution in [0.15, 0.2) is 24.3 Å². The molecule has 1 aliphatic heterocycles. The van der Waals surface area contributed by atoms with Gasteiger partial charge < -0.3 is 4.90 Å². The molecule has 2 aromatic rings. The molecule has 8 heteroatoms. The Labute approximate surface area is 122 Å². The summed E-state index contributed by atoms with van der Waals surface area (Å²) in [7, 11) is -3.05. The van der Waals surface area contributed by atoms with Gasteiger partial charge in [0.15, 0.2) is 9.84 Å². The van der Waals surface area contributed by atoms with Crippen molar-refractivity contribution >= 4 is 26.8 Å². The first-order valence-electron chi connectivity index (χ1n) is 6.79. The molecule has 7 nitrogen and oxygen atoms in total. The van der Waals surface area contributed by atoms with Crippen LogP contribution in [0.2, 0.25) is 0 Å². The first-order chi connectivity index (χ1) is 10.0. The Kier molecular flexibility index (Phi) is 3.40. The van der Waals surface area contributed by atoms with Crippen molar-refractivity contribution in [1.29, 1.82) is 0 Å². The molecule has 0 aliphatic carbocycles. The highest BCUT2D eigenvalue weighted by Gasteiger charge is 2.38. The number of para-hydroxylation sites is 1. The Morgan fingerprint density at radius 2 is 2.05 bits per heavy atom. The van der Waals surface area contributed by atoms with Gasteiger partial charge in [-0.15, -0.1) is 5.10 Å². The van der Waals surface area contributed by atoms with Crippen LogP contribution in [0.1, 0.15) is 6.92 Å². The van der Waals surface area contributed by atoms with Gasteiger partial charge >= 0.3 is 0 Å². The number of hydrogen-bond donors (Lipinski definition) is 0. The Hall–Kier alpha value is -1.96. The summed E-state index contributed by atoms with van der Waals surface area (Å²) < 4.78 is 24.9. The summed E-state index contributed by atoms with van der Waals surface area (Å²) in [5.41, 5.74) is 1.53. The van der Waals surface area contributed by atoms with Crippen LogP contribution in [0.25, 0.3) is 11.0 Å². The van der Waals surface area contributed by atoms with Crippen LogP contribution in [0.3, 0.4) is 0 Å². The van der Waals surface area contributed by atoms with Gasteiger partial charge in [0.1, 0.15) is 12.1 Å². The molecule has 0 radical (unpaired) electrons. The maximum atomic E-state index is 12.1. The van der Waals surface area contributed by atoms with E-state index < -0.39 is 15.1 Å². The van der Waals surface area contributed by atoms with Crippen molar-refractivity contribution in [2.24, 2.45) is 0 Å². The number of amides is 1. The lowest BCUT2D eigenvalue weighted by Gasteiger charge is -2.38. The van der Waals surface area contributed by atoms with Gasteiger partial charge in [-0.25, -0.2) is 13.1 Å². The van der Waals surface area contributed by atoms with Crippen molar-refractivity contribution in [3.8, 4) is 0 Å². The first kappa shape index (κ1) is 14.0. The van der Waals surface area contributed by atoms with Crippen LogP contribution in [-0.2, 0) is 21.2 Å². The minimum absolute atomic E-state index is 0.0827. The van der Waals surface area contributed by atoms with E-state index in [9.17, 15) is 13.2 Å². The molecule has 21 heavy (non-hydrogen) atoms. The Bertz CT molecular complexity index is 778. The van der Waals surface area contributed by atoms with Gasteiger partial charge in [0.05, 0.1) is 10.8 Å². The number of sulfone groups is 1. The van der Waals surface area contributed by atoms with E-state index in [4.69, 9.17) is 0 Å². The Morgan fingerprint density at radius 1 is 1.33 bits per heavy atom. The van der Waals surface area contributed by atoms with Crippen LogP contribution < -0.4 is 0 Å². The highest BCUT2D eigenvalue weighted by atomic mass is 32.2. The van der Waals surface area contributed by atoms with Crippen LogP contribution in [0, 0.1) is 0 Å². The van der Waals surface area contributed by atoms with E-state index in [0.717, 1.165) is 11.0 Å². The van der Waals surface area contributed by atoms with E-state index in [-0.39, 0.29) is 31.3 Å². The molecular weight excluding hydrogens is 292 g/mol. The molecule has 1 saturated heterocycles. The number of fused-ring (bicyclic) bond motifs is 1. The fourth-order valence-electron chi connectivity index (χ4n) is 2.37. The standard InChI is InChI=1S/C13H16N4O3S/c1-2-21(19,20)10-7-16(8-10)13(18)9-17-12-6-4-3-5-11(12)14-15-17/h3-6,10H,2,7-9H2,1H3. The van der Waals surface area contributed by atoms with E-state index >= 15 is 0 Å². The van der Waals surface area contributed by atoms with Gasteiger partial charge in [-0.3, -0.25) is 4.79 Å². The number of nitrogens with zero attached hydrogens (tertiary/aromatic N) is 4. The third kappa shape index (κ3) is 2.51. The van der Waals surface area contributed by atoms with E-state index in [1.165, 1.54) is 0 Å². The third-order valence-electron chi connectivity index (χ3n) is 3.82. The predicted octanol–water partition coefficient (Wildman–Crippen LogP) is 0.0768. The largest absolute Gasteiger partial charge is 0.338 e. The maximum absolute atomic E-state index is 12.1. The molecule has 1 aromatic carbocycles. The predicted molar refractivity (Wildman–Crippen MR) is 77.4 cm³/mol. The summed E-state index contributed by atoms with van der Waals surface area (Å²) in [4.78, 5) is 13.7.